The molecule has 5 heterocycles. The summed E-state index contributed by atoms with van der Waals surface area (Å²) >= 11 is 0. The molecular weight excluding hydrogens is 482 g/mol. The second-order valence-electron chi connectivity index (χ2n) is 12.3. The lowest BCUT2D eigenvalue weighted by Gasteiger charge is -2.40. The number of likely N-dealkylation sites (tertiary alicyclic amines) is 2. The summed E-state index contributed by atoms with van der Waals surface area (Å²) in [7, 11) is 0. The Kier molecular flexibility index (Phi) is 5.90. The normalized spacial score (nSPS) is 20.8. The number of imidazole rings is 1. The maximum Gasteiger partial charge on any atom is 0.274 e. The van der Waals surface area contributed by atoms with Gasteiger partial charge >= 0.3 is 0 Å². The van der Waals surface area contributed by atoms with E-state index < -0.39 is 0 Å². The fourth-order valence-corrected chi connectivity index (χ4v) is 6.65. The first-order valence-corrected chi connectivity index (χ1v) is 13.8. The van der Waals surface area contributed by atoms with E-state index in [9.17, 15) is 14.4 Å². The second-order valence-corrected chi connectivity index (χ2v) is 12.3. The Morgan fingerprint density at radius 1 is 1.05 bits per heavy atom. The molecule has 2 aromatic heterocycles. The van der Waals surface area contributed by atoms with E-state index >= 15 is 0 Å². The summed E-state index contributed by atoms with van der Waals surface area (Å²) in [4.78, 5) is 51.4. The zero-order valence-corrected chi connectivity index (χ0v) is 22.8. The minimum absolute atomic E-state index is 0.0476. The average Bonchev–Trinajstić information content (AvgIpc) is 3.48. The zero-order chi connectivity index (χ0) is 26.8. The van der Waals surface area contributed by atoms with Gasteiger partial charge in [-0.2, -0.15) is 0 Å². The van der Waals surface area contributed by atoms with Gasteiger partial charge < -0.3 is 19.5 Å². The molecule has 0 bridgehead atoms. The fraction of sp³-hybridized carbons (Fsp3) is 0.586. The Morgan fingerprint density at radius 2 is 1.74 bits per heavy atom. The molecule has 0 aliphatic carbocycles. The van der Waals surface area contributed by atoms with Crippen LogP contribution in [0.4, 0.5) is 0 Å². The third kappa shape index (κ3) is 3.94. The predicted octanol–water partition coefficient (Wildman–Crippen LogP) is 3.63. The number of H-pyrrole nitrogens is 1. The Balaban J connectivity index is 1.29. The number of amides is 2. The molecule has 3 fully saturated rings. The molecule has 0 atom stereocenters. The molecule has 38 heavy (non-hydrogen) atoms. The van der Waals surface area contributed by atoms with Crippen LogP contribution in [0.3, 0.4) is 0 Å². The zero-order valence-electron chi connectivity index (χ0n) is 22.8. The van der Waals surface area contributed by atoms with E-state index in [0.29, 0.717) is 55.7 Å². The largest absolute Gasteiger partial charge is 0.381 e. The van der Waals surface area contributed by atoms with Gasteiger partial charge in [0.1, 0.15) is 11.3 Å². The van der Waals surface area contributed by atoms with Gasteiger partial charge in [-0.15, -0.1) is 0 Å². The van der Waals surface area contributed by atoms with Crippen molar-refractivity contribution < 1.29 is 14.3 Å². The van der Waals surface area contributed by atoms with Gasteiger partial charge in [0.15, 0.2) is 0 Å². The van der Waals surface area contributed by atoms with Crippen molar-refractivity contribution in [3.8, 4) is 0 Å². The van der Waals surface area contributed by atoms with E-state index in [-0.39, 0.29) is 34.2 Å². The minimum atomic E-state index is -0.346. The third-order valence-electron chi connectivity index (χ3n) is 9.00. The van der Waals surface area contributed by atoms with Crippen molar-refractivity contribution in [3.05, 3.63) is 45.6 Å². The van der Waals surface area contributed by atoms with Crippen LogP contribution in [-0.4, -0.2) is 74.4 Å². The number of aryl methyl sites for hydroxylation is 1. The highest BCUT2D eigenvalue weighted by atomic mass is 16.5. The van der Waals surface area contributed by atoms with E-state index in [0.717, 1.165) is 42.7 Å². The molecule has 0 radical (unpaired) electrons. The van der Waals surface area contributed by atoms with Gasteiger partial charge in [-0.25, -0.2) is 4.98 Å². The van der Waals surface area contributed by atoms with Crippen LogP contribution < -0.4 is 5.56 Å². The number of carbonyl (C=O) groups excluding carboxylic acids is 2. The number of benzene rings is 1. The van der Waals surface area contributed by atoms with E-state index in [1.807, 2.05) is 33.3 Å². The maximum absolute atomic E-state index is 13.7. The number of hydrogen-bond donors (Lipinski definition) is 1. The number of fused-ring (bicyclic) bond motifs is 3. The summed E-state index contributed by atoms with van der Waals surface area (Å²) in [6.07, 6.45) is 5.63. The van der Waals surface area contributed by atoms with Gasteiger partial charge in [0.2, 0.25) is 5.91 Å². The first-order valence-electron chi connectivity index (χ1n) is 13.8. The first-order chi connectivity index (χ1) is 18.1. The van der Waals surface area contributed by atoms with Crippen molar-refractivity contribution >= 4 is 28.4 Å². The molecule has 3 aliphatic heterocycles. The standard InChI is InChI=1S/C29H37N5O4/c1-18-15-22-21(31-25(35)23-17-30-24(34(22)23)19-5-13-38-14-6-19)16-20(18)26(36)32-10-7-29(8-11-32)9-12-33(27(29)37)28(2,3)4/h15-17,19H,5-14H2,1-4H3,(H,31,35). The van der Waals surface area contributed by atoms with E-state index in [1.54, 1.807) is 6.20 Å². The van der Waals surface area contributed by atoms with Gasteiger partial charge in [-0.1, -0.05) is 0 Å². The van der Waals surface area contributed by atoms with Gasteiger partial charge in [0.05, 0.1) is 22.6 Å². The SMILES string of the molecule is Cc1cc2c(cc1C(=O)N1CCC3(CC1)CCN(C(C)(C)C)C3=O)[nH]c(=O)c1cnc(C3CCOCC3)n12. The number of aromatic nitrogens is 3. The highest BCUT2D eigenvalue weighted by Gasteiger charge is 2.51. The van der Waals surface area contributed by atoms with Crippen LogP contribution in [0.5, 0.6) is 0 Å². The van der Waals surface area contributed by atoms with Crippen LogP contribution in [0.2, 0.25) is 0 Å². The van der Waals surface area contributed by atoms with Crippen LogP contribution in [0.15, 0.2) is 23.1 Å². The lowest BCUT2D eigenvalue weighted by molar-refractivity contribution is -0.141. The molecule has 3 saturated heterocycles. The Hall–Kier alpha value is -3.20. The molecule has 1 aromatic carbocycles. The number of aromatic amines is 1. The van der Waals surface area contributed by atoms with Gasteiger partial charge in [-0.3, -0.25) is 18.8 Å². The first kappa shape index (κ1) is 25.1. The number of piperidine rings is 1. The Morgan fingerprint density at radius 3 is 2.39 bits per heavy atom. The topological polar surface area (TPSA) is 100 Å². The van der Waals surface area contributed by atoms with Gasteiger partial charge in [0.25, 0.3) is 11.5 Å². The minimum Gasteiger partial charge on any atom is -0.381 e. The molecule has 1 N–H and O–H groups in total. The summed E-state index contributed by atoms with van der Waals surface area (Å²) in [5.74, 6) is 1.30. The number of ether oxygens (including phenoxy) is 1. The molecule has 9 heteroatoms. The quantitative estimate of drug-likeness (QED) is 0.557. The van der Waals surface area contributed by atoms with E-state index in [4.69, 9.17) is 4.74 Å². The Labute approximate surface area is 222 Å². The number of hydrogen-bond acceptors (Lipinski definition) is 5. The summed E-state index contributed by atoms with van der Waals surface area (Å²) in [5, 5.41) is 0. The molecule has 2 amide bonds. The van der Waals surface area contributed by atoms with Crippen LogP contribution >= 0.6 is 0 Å². The summed E-state index contributed by atoms with van der Waals surface area (Å²) in [6, 6.07) is 3.80. The molecule has 202 valence electrons. The van der Waals surface area contributed by atoms with Crippen molar-refractivity contribution in [1.29, 1.82) is 0 Å². The Bertz CT molecular complexity index is 1480. The van der Waals surface area contributed by atoms with Crippen molar-refractivity contribution in [2.24, 2.45) is 5.41 Å². The van der Waals surface area contributed by atoms with Crippen molar-refractivity contribution in [1.82, 2.24) is 24.2 Å². The average molecular weight is 520 g/mol. The maximum atomic E-state index is 13.7. The lowest BCUT2D eigenvalue weighted by Crippen LogP contribution is -2.50. The number of nitrogens with zero attached hydrogens (tertiary/aromatic N) is 4. The summed E-state index contributed by atoms with van der Waals surface area (Å²) in [5.41, 5.74) is 2.70. The van der Waals surface area contributed by atoms with Crippen molar-refractivity contribution in [2.75, 3.05) is 32.8 Å². The second kappa shape index (κ2) is 8.93. The molecule has 0 saturated carbocycles. The highest BCUT2D eigenvalue weighted by Crippen LogP contribution is 2.44. The fourth-order valence-electron chi connectivity index (χ4n) is 6.65. The molecule has 0 unspecified atom stereocenters. The predicted molar refractivity (Wildman–Crippen MR) is 145 cm³/mol. The van der Waals surface area contributed by atoms with Crippen molar-refractivity contribution in [3.63, 3.8) is 0 Å². The summed E-state index contributed by atoms with van der Waals surface area (Å²) < 4.78 is 7.49. The number of rotatable bonds is 2. The van der Waals surface area contributed by atoms with Crippen LogP contribution in [0, 0.1) is 12.3 Å². The van der Waals surface area contributed by atoms with Crippen molar-refractivity contribution in [2.45, 2.75) is 71.3 Å². The summed E-state index contributed by atoms with van der Waals surface area (Å²) in [6.45, 7) is 11.5. The molecular formula is C29H37N5O4. The molecule has 1 spiro atoms. The van der Waals surface area contributed by atoms with Crippen LogP contribution in [-0.2, 0) is 9.53 Å². The van der Waals surface area contributed by atoms with Gasteiger partial charge in [0, 0.05) is 49.9 Å². The number of carbonyl (C=O) groups is 2. The van der Waals surface area contributed by atoms with E-state index in [2.05, 4.69) is 30.7 Å². The highest BCUT2D eigenvalue weighted by molar-refractivity contribution is 5.99. The lowest BCUT2D eigenvalue weighted by atomic mass is 9.77. The number of nitrogens with one attached hydrogen (secondary N) is 1. The van der Waals surface area contributed by atoms with E-state index in [1.165, 1.54) is 0 Å². The van der Waals surface area contributed by atoms with Gasteiger partial charge in [-0.05, 0) is 77.5 Å². The monoisotopic (exact) mass is 519 g/mol. The molecule has 9 nitrogen and oxygen atoms in total. The van der Waals surface area contributed by atoms with Crippen LogP contribution in [0.25, 0.3) is 16.6 Å². The van der Waals surface area contributed by atoms with Crippen LogP contribution in [0.1, 0.15) is 80.5 Å². The smallest absolute Gasteiger partial charge is 0.274 e. The molecule has 3 aliphatic rings. The molecule has 6 rings (SSSR count). The third-order valence-corrected chi connectivity index (χ3v) is 9.00. The molecule has 3 aromatic rings.